The molecule has 1 N–H and O–H groups in total. The number of thiazole rings is 1. The van der Waals surface area contributed by atoms with Gasteiger partial charge in [-0.15, -0.1) is 11.3 Å². The first-order chi connectivity index (χ1) is 12.7. The zero-order valence-corrected chi connectivity index (χ0v) is 15.8. The van der Waals surface area contributed by atoms with Crippen molar-refractivity contribution in [2.75, 3.05) is 12.4 Å². The quantitative estimate of drug-likeness (QED) is 0.649. The van der Waals surface area contributed by atoms with Gasteiger partial charge in [-0.05, 0) is 23.6 Å². The standard InChI is InChI=1S/C21H22N2O2S/c1-3-18(15-9-5-4-6-10-15)20(24)23-21-22-14-17(26-21)13-16-11-7-8-12-19(16)25-2/h4-12,14,18H,3,13H2,1-2H3,(H,22,23,24). The van der Waals surface area contributed by atoms with Crippen LogP contribution in [0.5, 0.6) is 5.75 Å². The molecule has 4 nitrogen and oxygen atoms in total. The lowest BCUT2D eigenvalue weighted by atomic mass is 9.96. The van der Waals surface area contributed by atoms with Gasteiger partial charge in [-0.2, -0.15) is 0 Å². The molecule has 0 aliphatic carbocycles. The molecule has 0 spiro atoms. The first kappa shape index (κ1) is 18.1. The summed E-state index contributed by atoms with van der Waals surface area (Å²) in [6, 6.07) is 17.8. The van der Waals surface area contributed by atoms with Crippen molar-refractivity contribution in [2.45, 2.75) is 25.7 Å². The van der Waals surface area contributed by atoms with Gasteiger partial charge in [0, 0.05) is 17.5 Å². The van der Waals surface area contributed by atoms with Crippen molar-refractivity contribution in [2.24, 2.45) is 0 Å². The van der Waals surface area contributed by atoms with E-state index in [4.69, 9.17) is 4.74 Å². The maximum atomic E-state index is 12.6. The number of rotatable bonds is 7. The summed E-state index contributed by atoms with van der Waals surface area (Å²) in [6.45, 7) is 2.02. The lowest BCUT2D eigenvalue weighted by molar-refractivity contribution is -0.117. The van der Waals surface area contributed by atoms with Gasteiger partial charge in [0.25, 0.3) is 0 Å². The van der Waals surface area contributed by atoms with Crippen molar-refractivity contribution >= 4 is 22.4 Å². The van der Waals surface area contributed by atoms with Gasteiger partial charge in [0.2, 0.25) is 5.91 Å². The lowest BCUT2D eigenvalue weighted by Gasteiger charge is -2.14. The number of aromatic nitrogens is 1. The molecule has 0 bridgehead atoms. The number of hydrogen-bond donors (Lipinski definition) is 1. The second-order valence-electron chi connectivity index (χ2n) is 5.98. The van der Waals surface area contributed by atoms with E-state index < -0.39 is 0 Å². The van der Waals surface area contributed by atoms with E-state index >= 15 is 0 Å². The Hall–Kier alpha value is -2.66. The molecular weight excluding hydrogens is 344 g/mol. The number of carbonyl (C=O) groups is 1. The van der Waals surface area contributed by atoms with Gasteiger partial charge in [0.1, 0.15) is 5.75 Å². The average Bonchev–Trinajstić information content (AvgIpc) is 3.10. The topological polar surface area (TPSA) is 51.2 Å². The van der Waals surface area contributed by atoms with Crippen LogP contribution in [0.2, 0.25) is 0 Å². The number of ether oxygens (including phenoxy) is 1. The molecule has 1 amide bonds. The highest BCUT2D eigenvalue weighted by molar-refractivity contribution is 7.15. The molecular formula is C21H22N2O2S. The van der Waals surface area contributed by atoms with E-state index in [1.807, 2.05) is 67.7 Å². The minimum absolute atomic E-state index is 0.0168. The van der Waals surface area contributed by atoms with Crippen LogP contribution in [-0.4, -0.2) is 18.0 Å². The third-order valence-electron chi connectivity index (χ3n) is 4.27. The summed E-state index contributed by atoms with van der Waals surface area (Å²) in [7, 11) is 1.67. The Balaban J connectivity index is 1.69. The molecule has 1 aromatic heterocycles. The number of nitrogens with one attached hydrogen (secondary N) is 1. The molecule has 26 heavy (non-hydrogen) atoms. The molecule has 3 aromatic rings. The van der Waals surface area contributed by atoms with Gasteiger partial charge in [-0.3, -0.25) is 4.79 Å². The van der Waals surface area contributed by atoms with Crippen LogP contribution in [0.1, 0.15) is 35.3 Å². The third-order valence-corrected chi connectivity index (χ3v) is 5.18. The Kier molecular flexibility index (Phi) is 6.02. The van der Waals surface area contributed by atoms with Crippen LogP contribution in [0.3, 0.4) is 0 Å². The molecule has 0 aliphatic heterocycles. The number of anilines is 1. The van der Waals surface area contributed by atoms with E-state index in [1.165, 1.54) is 11.3 Å². The highest BCUT2D eigenvalue weighted by atomic mass is 32.1. The van der Waals surface area contributed by atoms with E-state index in [0.29, 0.717) is 5.13 Å². The molecule has 2 aromatic carbocycles. The van der Waals surface area contributed by atoms with Crippen molar-refractivity contribution in [3.05, 3.63) is 76.8 Å². The molecule has 1 unspecified atom stereocenters. The molecule has 0 radical (unpaired) electrons. The number of methoxy groups -OCH3 is 1. The van der Waals surface area contributed by atoms with Crippen LogP contribution >= 0.6 is 11.3 Å². The van der Waals surface area contributed by atoms with Crippen LogP contribution in [0.15, 0.2) is 60.8 Å². The van der Waals surface area contributed by atoms with E-state index in [0.717, 1.165) is 34.6 Å². The Labute approximate surface area is 157 Å². The summed E-state index contributed by atoms with van der Waals surface area (Å²) < 4.78 is 5.40. The van der Waals surface area contributed by atoms with Crippen molar-refractivity contribution in [1.29, 1.82) is 0 Å². The first-order valence-electron chi connectivity index (χ1n) is 8.63. The van der Waals surface area contributed by atoms with Crippen LogP contribution in [0.25, 0.3) is 0 Å². The second kappa shape index (κ2) is 8.63. The van der Waals surface area contributed by atoms with Crippen molar-refractivity contribution in [3.8, 4) is 5.75 Å². The largest absolute Gasteiger partial charge is 0.496 e. The summed E-state index contributed by atoms with van der Waals surface area (Å²) in [6.07, 6.45) is 3.29. The summed E-state index contributed by atoms with van der Waals surface area (Å²) in [4.78, 5) is 18.1. The monoisotopic (exact) mass is 366 g/mol. The van der Waals surface area contributed by atoms with Crippen molar-refractivity contribution in [1.82, 2.24) is 4.98 Å². The predicted octanol–water partition coefficient (Wildman–Crippen LogP) is 4.87. The van der Waals surface area contributed by atoms with E-state index in [9.17, 15) is 4.79 Å². The van der Waals surface area contributed by atoms with Gasteiger partial charge in [0.15, 0.2) is 5.13 Å². The molecule has 0 aliphatic rings. The Bertz CT molecular complexity index is 861. The molecule has 0 fully saturated rings. The number of hydrogen-bond acceptors (Lipinski definition) is 4. The summed E-state index contributed by atoms with van der Waals surface area (Å²) in [5.41, 5.74) is 2.13. The smallest absolute Gasteiger partial charge is 0.233 e. The lowest BCUT2D eigenvalue weighted by Crippen LogP contribution is -2.20. The summed E-state index contributed by atoms with van der Waals surface area (Å²) >= 11 is 1.50. The molecule has 3 rings (SSSR count). The number of para-hydroxylation sites is 1. The van der Waals surface area contributed by atoms with Gasteiger partial charge in [-0.25, -0.2) is 4.98 Å². The fourth-order valence-corrected chi connectivity index (χ4v) is 3.77. The van der Waals surface area contributed by atoms with Crippen LogP contribution in [0, 0.1) is 0 Å². The number of amides is 1. The van der Waals surface area contributed by atoms with E-state index in [-0.39, 0.29) is 11.8 Å². The fourth-order valence-electron chi connectivity index (χ4n) is 2.93. The Morgan fingerprint density at radius 1 is 1.15 bits per heavy atom. The number of benzene rings is 2. The zero-order valence-electron chi connectivity index (χ0n) is 14.9. The molecule has 0 saturated heterocycles. The molecule has 0 saturated carbocycles. The van der Waals surface area contributed by atoms with Gasteiger partial charge >= 0.3 is 0 Å². The minimum atomic E-state index is -0.169. The summed E-state index contributed by atoms with van der Waals surface area (Å²) in [5, 5.41) is 3.60. The maximum Gasteiger partial charge on any atom is 0.233 e. The van der Waals surface area contributed by atoms with Crippen molar-refractivity contribution in [3.63, 3.8) is 0 Å². The fraction of sp³-hybridized carbons (Fsp3) is 0.238. The van der Waals surface area contributed by atoms with Gasteiger partial charge < -0.3 is 10.1 Å². The van der Waals surface area contributed by atoms with Gasteiger partial charge in [-0.1, -0.05) is 55.5 Å². The van der Waals surface area contributed by atoms with E-state index in [2.05, 4.69) is 10.3 Å². The third kappa shape index (κ3) is 4.29. The predicted molar refractivity (Wildman–Crippen MR) is 106 cm³/mol. The second-order valence-corrected chi connectivity index (χ2v) is 7.10. The molecule has 5 heteroatoms. The molecule has 134 valence electrons. The zero-order chi connectivity index (χ0) is 18.4. The average molecular weight is 366 g/mol. The van der Waals surface area contributed by atoms with E-state index in [1.54, 1.807) is 7.11 Å². The first-order valence-corrected chi connectivity index (χ1v) is 9.45. The summed E-state index contributed by atoms with van der Waals surface area (Å²) in [5.74, 6) is 0.677. The number of carbonyl (C=O) groups excluding carboxylic acids is 1. The Morgan fingerprint density at radius 3 is 2.62 bits per heavy atom. The molecule has 1 atom stereocenters. The highest BCUT2D eigenvalue weighted by Gasteiger charge is 2.19. The highest BCUT2D eigenvalue weighted by Crippen LogP contribution is 2.27. The van der Waals surface area contributed by atoms with Gasteiger partial charge in [0.05, 0.1) is 13.0 Å². The SMILES string of the molecule is CCC(C(=O)Nc1ncc(Cc2ccccc2OC)s1)c1ccccc1. The molecule has 1 heterocycles. The normalized spacial score (nSPS) is 11.8. The minimum Gasteiger partial charge on any atom is -0.496 e. The van der Waals surface area contributed by atoms with Crippen LogP contribution < -0.4 is 10.1 Å². The van der Waals surface area contributed by atoms with Crippen LogP contribution in [-0.2, 0) is 11.2 Å². The Morgan fingerprint density at radius 2 is 1.88 bits per heavy atom. The van der Waals surface area contributed by atoms with Crippen LogP contribution in [0.4, 0.5) is 5.13 Å². The number of nitrogens with zero attached hydrogens (tertiary/aromatic N) is 1. The van der Waals surface area contributed by atoms with Crippen molar-refractivity contribution < 1.29 is 9.53 Å². The maximum absolute atomic E-state index is 12.6.